The van der Waals surface area contributed by atoms with Gasteiger partial charge in [0.1, 0.15) is 25.3 Å². The molecule has 456 valence electrons. The standard InChI is InChI=1S/C14H18F3NO3.C14H20F3NO2.C13H18F3NO3.C13H20F3NO2/c1-7(2)13(20)18-6-12(19)21-11-5-8-3-9(11)4-10(8)14(15,16)17;1-8(2)13(19)18-3-4-20-12-7-9-5-10(12)6-11(9)14(15,16)17;1-8(2)12(19)17-7-11(18)20-10-5-3-9(4-6-10)13(14,15)16;1-9(2)12(18)17-7-8-19-11-5-3-10(4-6-11)13(14,15)16/h8-11H,1,3-6H2,2H3,(H,18,20);9-12H,1,3-7H2,2H3,(H,18,19);9-10H,1,3-7H2,2H3,(H,17,19);10-11H,1,3-8H2,2H3,(H,17,18). The normalized spacial score (nSPS) is 27.7. The Bertz CT molecular complexity index is 2150. The van der Waals surface area contributed by atoms with Crippen molar-refractivity contribution >= 4 is 35.6 Å². The molecule has 0 radical (unpaired) electrons. The van der Waals surface area contributed by atoms with E-state index in [-0.39, 0.29) is 124 Å². The van der Waals surface area contributed by atoms with Gasteiger partial charge in [0.05, 0.1) is 49.1 Å². The van der Waals surface area contributed by atoms with E-state index in [1.165, 1.54) is 13.8 Å². The van der Waals surface area contributed by atoms with Crippen LogP contribution in [0.25, 0.3) is 0 Å². The zero-order chi connectivity index (χ0) is 60.5. The van der Waals surface area contributed by atoms with Crippen LogP contribution in [0.3, 0.4) is 0 Å². The van der Waals surface area contributed by atoms with Crippen LogP contribution in [0.15, 0.2) is 48.6 Å². The number of ether oxygens (including phenoxy) is 4. The summed E-state index contributed by atoms with van der Waals surface area (Å²) >= 11 is 0. The number of fused-ring (bicyclic) bond motifs is 4. The minimum atomic E-state index is -4.18. The molecule has 0 aromatic heterocycles. The highest BCUT2D eigenvalue weighted by atomic mass is 19.4. The van der Waals surface area contributed by atoms with Gasteiger partial charge in [-0.25, -0.2) is 0 Å². The van der Waals surface area contributed by atoms with Crippen LogP contribution in [-0.2, 0) is 47.7 Å². The molecule has 0 aromatic carbocycles. The minimum absolute atomic E-state index is 0.0171. The van der Waals surface area contributed by atoms with Gasteiger partial charge in [-0.3, -0.25) is 28.8 Å². The number of carbonyl (C=O) groups is 6. The van der Waals surface area contributed by atoms with E-state index in [0.717, 1.165) is 0 Å². The van der Waals surface area contributed by atoms with Crippen LogP contribution in [0, 0.1) is 47.3 Å². The average Bonchev–Trinajstić information content (AvgIpc) is 4.18. The summed E-state index contributed by atoms with van der Waals surface area (Å²) in [6.45, 7) is 20.9. The van der Waals surface area contributed by atoms with E-state index in [9.17, 15) is 81.5 Å². The van der Waals surface area contributed by atoms with Crippen LogP contribution < -0.4 is 21.3 Å². The third-order valence-corrected chi connectivity index (χ3v) is 15.1. The molecule has 6 fully saturated rings. The molecule has 8 atom stereocenters. The number of alkyl halides is 12. The summed E-state index contributed by atoms with van der Waals surface area (Å²) in [4.78, 5) is 67.8. The summed E-state index contributed by atoms with van der Waals surface area (Å²) in [6.07, 6.45) is -14.1. The van der Waals surface area contributed by atoms with Gasteiger partial charge in [-0.15, -0.1) is 0 Å². The predicted molar refractivity (Wildman–Crippen MR) is 267 cm³/mol. The van der Waals surface area contributed by atoms with Gasteiger partial charge in [-0.05, 0) is 141 Å². The summed E-state index contributed by atoms with van der Waals surface area (Å²) in [6, 6.07) is 0. The van der Waals surface area contributed by atoms with Crippen molar-refractivity contribution in [2.45, 2.75) is 167 Å². The van der Waals surface area contributed by atoms with Crippen LogP contribution in [0.4, 0.5) is 52.7 Å². The van der Waals surface area contributed by atoms with Crippen molar-refractivity contribution in [2.24, 2.45) is 47.3 Å². The van der Waals surface area contributed by atoms with Crippen molar-refractivity contribution in [1.82, 2.24) is 21.3 Å². The van der Waals surface area contributed by atoms with E-state index in [2.05, 4.69) is 47.6 Å². The van der Waals surface area contributed by atoms with E-state index in [1.807, 2.05) is 0 Å². The molecule has 4 amide bonds. The zero-order valence-electron chi connectivity index (χ0n) is 45.5. The number of hydrogen-bond acceptors (Lipinski definition) is 10. The van der Waals surface area contributed by atoms with Crippen molar-refractivity contribution < 1.29 is 100 Å². The maximum absolute atomic E-state index is 12.7. The van der Waals surface area contributed by atoms with E-state index in [1.54, 1.807) is 13.8 Å². The van der Waals surface area contributed by atoms with Crippen molar-refractivity contribution in [3.8, 4) is 0 Å². The van der Waals surface area contributed by atoms with Crippen molar-refractivity contribution in [1.29, 1.82) is 0 Å². The Morgan fingerprint density at radius 1 is 0.400 bits per heavy atom. The molecular formula is C54H76F12N4O10. The molecule has 0 aliphatic heterocycles. The second-order valence-corrected chi connectivity index (χ2v) is 21.6. The molecule has 4 N–H and O–H groups in total. The third-order valence-electron chi connectivity index (χ3n) is 15.1. The van der Waals surface area contributed by atoms with Crippen LogP contribution >= 0.6 is 0 Å². The van der Waals surface area contributed by atoms with Gasteiger partial charge in [0.2, 0.25) is 23.6 Å². The number of nitrogens with one attached hydrogen (secondary N) is 4. The molecule has 4 bridgehead atoms. The first-order chi connectivity index (χ1) is 37.0. The molecule has 26 heteroatoms. The first-order valence-corrected chi connectivity index (χ1v) is 26.6. The quantitative estimate of drug-likeness (QED) is 0.0445. The number of rotatable bonds is 18. The molecular weight excluding hydrogens is 1090 g/mol. The van der Waals surface area contributed by atoms with Gasteiger partial charge in [0, 0.05) is 35.4 Å². The molecule has 0 saturated heterocycles. The highest BCUT2D eigenvalue weighted by Crippen LogP contribution is 2.56. The Hall–Kier alpha value is -5.14. The van der Waals surface area contributed by atoms with Crippen LogP contribution in [0.2, 0.25) is 0 Å². The lowest BCUT2D eigenvalue weighted by Gasteiger charge is -2.29. The van der Waals surface area contributed by atoms with Crippen molar-refractivity contribution in [3.05, 3.63) is 48.6 Å². The fourth-order valence-corrected chi connectivity index (χ4v) is 10.8. The maximum atomic E-state index is 12.7. The van der Waals surface area contributed by atoms with Gasteiger partial charge >= 0.3 is 36.6 Å². The Morgan fingerprint density at radius 3 is 1.07 bits per heavy atom. The number of halogens is 12. The molecule has 80 heavy (non-hydrogen) atoms. The summed E-state index contributed by atoms with van der Waals surface area (Å²) < 4.78 is 172. The number of amides is 4. The van der Waals surface area contributed by atoms with E-state index in [0.29, 0.717) is 69.6 Å². The smallest absolute Gasteiger partial charge is 0.392 e. The van der Waals surface area contributed by atoms with Gasteiger partial charge < -0.3 is 40.2 Å². The second kappa shape index (κ2) is 30.8. The number of hydrogen-bond donors (Lipinski definition) is 4. The Kier molecular flexibility index (Phi) is 26.6. The average molecular weight is 1170 g/mol. The Morgan fingerprint density at radius 2 is 0.738 bits per heavy atom. The summed E-state index contributed by atoms with van der Waals surface area (Å²) in [5.41, 5.74) is 1.39. The predicted octanol–water partition coefficient (Wildman–Crippen LogP) is 10.0. The molecule has 6 aliphatic carbocycles. The molecule has 14 nitrogen and oxygen atoms in total. The summed E-state index contributed by atoms with van der Waals surface area (Å²) in [5.74, 6) is -8.45. The van der Waals surface area contributed by atoms with Crippen LogP contribution in [0.5, 0.6) is 0 Å². The first kappa shape index (κ1) is 69.1. The van der Waals surface area contributed by atoms with Crippen molar-refractivity contribution in [2.75, 3.05) is 39.4 Å². The highest BCUT2D eigenvalue weighted by molar-refractivity contribution is 5.95. The largest absolute Gasteiger partial charge is 0.461 e. The second-order valence-electron chi connectivity index (χ2n) is 21.6. The monoisotopic (exact) mass is 1170 g/mol. The Balaban J connectivity index is 0.000000280. The van der Waals surface area contributed by atoms with Gasteiger partial charge in [-0.2, -0.15) is 52.7 Å². The molecule has 0 aromatic rings. The summed E-state index contributed by atoms with van der Waals surface area (Å²) in [7, 11) is 0. The topological polar surface area (TPSA) is 187 Å². The van der Waals surface area contributed by atoms with E-state index in [4.69, 9.17) is 18.9 Å². The molecule has 8 unspecified atom stereocenters. The molecule has 6 aliphatic rings. The lowest BCUT2D eigenvalue weighted by molar-refractivity contribution is -0.193. The lowest BCUT2D eigenvalue weighted by atomic mass is 9.87. The van der Waals surface area contributed by atoms with Gasteiger partial charge in [0.15, 0.2) is 0 Å². The van der Waals surface area contributed by atoms with E-state index < -0.39 is 90.3 Å². The van der Waals surface area contributed by atoms with Crippen LogP contribution in [0.1, 0.15) is 118 Å². The van der Waals surface area contributed by atoms with Gasteiger partial charge in [-0.1, -0.05) is 26.3 Å². The van der Waals surface area contributed by atoms with Crippen molar-refractivity contribution in [3.63, 3.8) is 0 Å². The fraction of sp³-hybridized carbons (Fsp3) is 0.741. The van der Waals surface area contributed by atoms with E-state index >= 15 is 0 Å². The molecule has 0 spiro atoms. The number of esters is 2. The number of carbonyl (C=O) groups excluding carboxylic acids is 6. The minimum Gasteiger partial charge on any atom is -0.461 e. The highest BCUT2D eigenvalue weighted by Gasteiger charge is 2.58. The fourth-order valence-electron chi connectivity index (χ4n) is 10.8. The molecule has 6 saturated carbocycles. The zero-order valence-corrected chi connectivity index (χ0v) is 45.5. The SMILES string of the molecule is C=C(C)C(=O)NCC(=O)OC1CC2CC1CC2C(F)(F)F.C=C(C)C(=O)NCC(=O)OC1CCC(C(F)(F)F)CC1.C=C(C)C(=O)NCCOC1CC2CC1CC2C(F)(F)F.C=C(C)C(=O)NCCOC1CCC(C(F)(F)F)CC1. The maximum Gasteiger partial charge on any atom is 0.392 e. The Labute approximate surface area is 458 Å². The van der Waals surface area contributed by atoms with Gasteiger partial charge in [0.25, 0.3) is 0 Å². The molecule has 0 heterocycles. The summed E-state index contributed by atoms with van der Waals surface area (Å²) in [5, 5.41) is 9.90. The van der Waals surface area contributed by atoms with Crippen LogP contribution in [-0.4, -0.2) is 124 Å². The third kappa shape index (κ3) is 23.4. The lowest BCUT2D eigenvalue weighted by Crippen LogP contribution is -2.37. The first-order valence-electron chi connectivity index (χ1n) is 26.6. The molecule has 6 rings (SSSR count).